The Kier molecular flexibility index (Phi) is 4.85. The standard InChI is InChI=1S/C15H25N3/c1-3-10-18-11-9-16-15(18)17-12-14-7-5-13(4-2)6-8-14/h3,9,11,13-14H,1,4-8,10,12H2,2H3,(H,16,17). The zero-order valence-electron chi connectivity index (χ0n) is 11.4. The van der Waals surface area contributed by atoms with Gasteiger partial charge < -0.3 is 9.88 Å². The van der Waals surface area contributed by atoms with Crippen molar-refractivity contribution in [3.05, 3.63) is 25.0 Å². The molecular formula is C15H25N3. The van der Waals surface area contributed by atoms with Gasteiger partial charge in [0, 0.05) is 25.5 Å². The predicted octanol–water partition coefficient (Wildman–Crippen LogP) is 3.70. The van der Waals surface area contributed by atoms with Crippen LogP contribution in [0.1, 0.15) is 39.0 Å². The molecule has 0 saturated heterocycles. The average Bonchev–Trinajstić information content (AvgIpc) is 2.85. The maximum atomic E-state index is 4.35. The van der Waals surface area contributed by atoms with E-state index in [9.17, 15) is 0 Å². The molecule has 0 amide bonds. The maximum absolute atomic E-state index is 4.35. The molecule has 3 heteroatoms. The zero-order chi connectivity index (χ0) is 12.8. The second-order valence-corrected chi connectivity index (χ2v) is 5.37. The van der Waals surface area contributed by atoms with Crippen molar-refractivity contribution in [2.45, 2.75) is 45.6 Å². The van der Waals surface area contributed by atoms with Crippen LogP contribution in [0.25, 0.3) is 0 Å². The van der Waals surface area contributed by atoms with Gasteiger partial charge in [-0.15, -0.1) is 6.58 Å². The SMILES string of the molecule is C=CCn1ccnc1NCC1CCC(CC)CC1. The highest BCUT2D eigenvalue weighted by atomic mass is 15.2. The fourth-order valence-electron chi connectivity index (χ4n) is 2.84. The van der Waals surface area contributed by atoms with E-state index in [-0.39, 0.29) is 0 Å². The highest BCUT2D eigenvalue weighted by Crippen LogP contribution is 2.30. The van der Waals surface area contributed by atoms with Crippen molar-refractivity contribution in [1.29, 1.82) is 0 Å². The summed E-state index contributed by atoms with van der Waals surface area (Å²) >= 11 is 0. The average molecular weight is 247 g/mol. The van der Waals surface area contributed by atoms with Gasteiger partial charge in [0.1, 0.15) is 0 Å². The zero-order valence-corrected chi connectivity index (χ0v) is 11.4. The van der Waals surface area contributed by atoms with E-state index in [2.05, 4.69) is 28.4 Å². The van der Waals surface area contributed by atoms with E-state index < -0.39 is 0 Å². The number of rotatable bonds is 6. The van der Waals surface area contributed by atoms with Crippen LogP contribution < -0.4 is 5.32 Å². The van der Waals surface area contributed by atoms with Crippen LogP contribution in [0, 0.1) is 11.8 Å². The highest BCUT2D eigenvalue weighted by molar-refractivity contribution is 5.26. The molecule has 1 fully saturated rings. The highest BCUT2D eigenvalue weighted by Gasteiger charge is 2.19. The van der Waals surface area contributed by atoms with Crippen LogP contribution in [0.2, 0.25) is 0 Å². The van der Waals surface area contributed by atoms with Crippen LogP contribution in [0.3, 0.4) is 0 Å². The molecule has 1 aliphatic carbocycles. The Labute approximate surface area is 110 Å². The second-order valence-electron chi connectivity index (χ2n) is 5.37. The van der Waals surface area contributed by atoms with E-state index in [0.717, 1.165) is 30.9 Å². The van der Waals surface area contributed by atoms with Crippen molar-refractivity contribution < 1.29 is 0 Å². The molecule has 0 aromatic carbocycles. The van der Waals surface area contributed by atoms with Gasteiger partial charge >= 0.3 is 0 Å². The summed E-state index contributed by atoms with van der Waals surface area (Å²) in [6.45, 7) is 7.97. The Morgan fingerprint density at radius 2 is 2.11 bits per heavy atom. The Morgan fingerprint density at radius 1 is 1.39 bits per heavy atom. The fraction of sp³-hybridized carbons (Fsp3) is 0.667. The number of imidazole rings is 1. The van der Waals surface area contributed by atoms with Crippen LogP contribution in [-0.2, 0) is 6.54 Å². The number of hydrogen-bond donors (Lipinski definition) is 1. The van der Waals surface area contributed by atoms with Crippen LogP contribution in [0.5, 0.6) is 0 Å². The number of anilines is 1. The monoisotopic (exact) mass is 247 g/mol. The first-order valence-corrected chi connectivity index (χ1v) is 7.19. The Hall–Kier alpha value is -1.25. The summed E-state index contributed by atoms with van der Waals surface area (Å²) in [5.74, 6) is 2.78. The maximum Gasteiger partial charge on any atom is 0.203 e. The number of hydrogen-bond acceptors (Lipinski definition) is 2. The van der Waals surface area contributed by atoms with E-state index >= 15 is 0 Å². The van der Waals surface area contributed by atoms with Gasteiger partial charge in [-0.25, -0.2) is 4.98 Å². The second kappa shape index (κ2) is 6.62. The smallest absolute Gasteiger partial charge is 0.203 e. The van der Waals surface area contributed by atoms with E-state index in [1.807, 2.05) is 18.5 Å². The van der Waals surface area contributed by atoms with Crippen LogP contribution >= 0.6 is 0 Å². The molecule has 0 spiro atoms. The van der Waals surface area contributed by atoms with E-state index in [4.69, 9.17) is 0 Å². The van der Waals surface area contributed by atoms with Crippen molar-refractivity contribution in [2.24, 2.45) is 11.8 Å². The third kappa shape index (κ3) is 3.37. The van der Waals surface area contributed by atoms with Crippen molar-refractivity contribution in [3.8, 4) is 0 Å². The van der Waals surface area contributed by atoms with E-state index in [0.29, 0.717) is 0 Å². The molecule has 0 bridgehead atoms. The predicted molar refractivity (Wildman–Crippen MR) is 76.7 cm³/mol. The third-order valence-electron chi connectivity index (χ3n) is 4.13. The number of nitrogens with zero attached hydrogens (tertiary/aromatic N) is 2. The van der Waals surface area contributed by atoms with Crippen molar-refractivity contribution in [1.82, 2.24) is 9.55 Å². The quantitative estimate of drug-likeness (QED) is 0.777. The minimum absolute atomic E-state index is 0.821. The van der Waals surface area contributed by atoms with E-state index in [1.165, 1.54) is 32.1 Å². The molecule has 100 valence electrons. The molecule has 2 rings (SSSR count). The molecule has 1 heterocycles. The summed E-state index contributed by atoms with van der Waals surface area (Å²) in [5.41, 5.74) is 0. The fourth-order valence-corrected chi connectivity index (χ4v) is 2.84. The minimum Gasteiger partial charge on any atom is -0.355 e. The summed E-state index contributed by atoms with van der Waals surface area (Å²) in [5, 5.41) is 3.48. The molecule has 1 aromatic rings. The summed E-state index contributed by atoms with van der Waals surface area (Å²) in [6, 6.07) is 0. The van der Waals surface area contributed by atoms with Gasteiger partial charge in [0.05, 0.1) is 0 Å². The lowest BCUT2D eigenvalue weighted by atomic mass is 9.81. The number of nitrogens with one attached hydrogen (secondary N) is 1. The van der Waals surface area contributed by atoms with Gasteiger partial charge in [-0.2, -0.15) is 0 Å². The van der Waals surface area contributed by atoms with Gasteiger partial charge in [0.25, 0.3) is 0 Å². The molecule has 18 heavy (non-hydrogen) atoms. The summed E-state index contributed by atoms with van der Waals surface area (Å²) in [7, 11) is 0. The molecule has 0 atom stereocenters. The van der Waals surface area contributed by atoms with Crippen LogP contribution in [-0.4, -0.2) is 16.1 Å². The molecule has 0 radical (unpaired) electrons. The first-order chi connectivity index (χ1) is 8.83. The Balaban J connectivity index is 1.77. The van der Waals surface area contributed by atoms with Crippen LogP contribution in [0.15, 0.2) is 25.0 Å². The topological polar surface area (TPSA) is 29.9 Å². The Bertz CT molecular complexity index is 362. The van der Waals surface area contributed by atoms with Crippen LogP contribution in [0.4, 0.5) is 5.95 Å². The molecule has 0 unspecified atom stereocenters. The lowest BCUT2D eigenvalue weighted by Crippen LogP contribution is -2.22. The lowest BCUT2D eigenvalue weighted by molar-refractivity contribution is 0.278. The Morgan fingerprint density at radius 3 is 2.78 bits per heavy atom. The first-order valence-electron chi connectivity index (χ1n) is 7.19. The van der Waals surface area contributed by atoms with Gasteiger partial charge in [-0.3, -0.25) is 0 Å². The lowest BCUT2D eigenvalue weighted by Gasteiger charge is -2.28. The third-order valence-corrected chi connectivity index (χ3v) is 4.13. The molecule has 1 aliphatic rings. The molecule has 3 nitrogen and oxygen atoms in total. The van der Waals surface area contributed by atoms with E-state index in [1.54, 1.807) is 0 Å². The molecule has 0 aliphatic heterocycles. The van der Waals surface area contributed by atoms with Gasteiger partial charge in [-0.05, 0) is 24.7 Å². The van der Waals surface area contributed by atoms with Crippen molar-refractivity contribution >= 4 is 5.95 Å². The minimum atomic E-state index is 0.821. The summed E-state index contributed by atoms with van der Waals surface area (Å²) in [6.07, 6.45) is 12.6. The molecule has 1 saturated carbocycles. The van der Waals surface area contributed by atoms with Gasteiger partial charge in [-0.1, -0.05) is 32.3 Å². The van der Waals surface area contributed by atoms with Gasteiger partial charge in [0.15, 0.2) is 0 Å². The van der Waals surface area contributed by atoms with Crippen molar-refractivity contribution in [3.63, 3.8) is 0 Å². The first kappa shape index (κ1) is 13.2. The largest absolute Gasteiger partial charge is 0.355 e. The number of aromatic nitrogens is 2. The molecule has 1 N–H and O–H groups in total. The number of allylic oxidation sites excluding steroid dienone is 1. The van der Waals surface area contributed by atoms with Gasteiger partial charge in [0.2, 0.25) is 5.95 Å². The summed E-state index contributed by atoms with van der Waals surface area (Å²) in [4.78, 5) is 4.35. The molecule has 1 aromatic heterocycles. The molecular weight excluding hydrogens is 222 g/mol. The summed E-state index contributed by atoms with van der Waals surface area (Å²) < 4.78 is 2.10. The van der Waals surface area contributed by atoms with Crippen molar-refractivity contribution in [2.75, 3.05) is 11.9 Å². The normalized spacial score (nSPS) is 23.8.